The Morgan fingerprint density at radius 2 is 2.12 bits per heavy atom. The van der Waals surface area contributed by atoms with Crippen molar-refractivity contribution < 1.29 is 14.1 Å². The van der Waals surface area contributed by atoms with Crippen LogP contribution in [0.1, 0.15) is 54.0 Å². The second-order valence-corrected chi connectivity index (χ2v) is 6.39. The number of nitrogens with zero attached hydrogens (tertiary/aromatic N) is 5. The van der Waals surface area contributed by atoms with E-state index in [-0.39, 0.29) is 17.6 Å². The van der Waals surface area contributed by atoms with Gasteiger partial charge in [-0.3, -0.25) is 9.78 Å². The second kappa shape index (κ2) is 5.94. The van der Waals surface area contributed by atoms with Crippen molar-refractivity contribution in [1.29, 1.82) is 0 Å². The lowest BCUT2D eigenvalue weighted by atomic mass is 9.88. The van der Waals surface area contributed by atoms with Gasteiger partial charge in [0.25, 0.3) is 11.8 Å². The number of hydrogen-bond acceptors (Lipinski definition) is 7. The number of hydrogen-bond donors (Lipinski definition) is 0. The number of carbonyl (C=O) groups excluding carboxylic acids is 1. The lowest BCUT2D eigenvalue weighted by Gasteiger charge is -2.38. The highest BCUT2D eigenvalue weighted by Gasteiger charge is 2.45. The van der Waals surface area contributed by atoms with Crippen molar-refractivity contribution in [2.45, 2.75) is 44.3 Å². The van der Waals surface area contributed by atoms with E-state index in [1.165, 1.54) is 12.4 Å². The molecule has 2 aliphatic heterocycles. The van der Waals surface area contributed by atoms with Crippen LogP contribution in [0.5, 0.6) is 0 Å². The molecule has 1 atom stereocenters. The molecule has 0 saturated carbocycles. The smallest absolute Gasteiger partial charge is 0.274 e. The molecule has 1 amide bonds. The van der Waals surface area contributed by atoms with Gasteiger partial charge in [0.05, 0.1) is 11.8 Å². The lowest BCUT2D eigenvalue weighted by molar-refractivity contribution is -0.0821. The summed E-state index contributed by atoms with van der Waals surface area (Å²) in [5, 5.41) is 3.83. The number of rotatable bonds is 2. The Bertz CT molecular complexity index is 724. The highest BCUT2D eigenvalue weighted by Crippen LogP contribution is 2.44. The normalized spacial score (nSPS) is 22.9. The lowest BCUT2D eigenvalue weighted by Crippen LogP contribution is -2.46. The highest BCUT2D eigenvalue weighted by molar-refractivity contribution is 5.92. The summed E-state index contributed by atoms with van der Waals surface area (Å²) in [5.41, 5.74) is 0.201. The van der Waals surface area contributed by atoms with Crippen molar-refractivity contribution in [3.8, 4) is 0 Å². The Kier molecular flexibility index (Phi) is 3.76. The predicted molar refractivity (Wildman–Crippen MR) is 82.0 cm³/mol. The van der Waals surface area contributed by atoms with Crippen LogP contribution in [0.3, 0.4) is 0 Å². The molecule has 0 bridgehead atoms. The third-order valence-corrected chi connectivity index (χ3v) is 4.82. The van der Waals surface area contributed by atoms with Crippen LogP contribution in [0.2, 0.25) is 0 Å². The molecule has 0 aliphatic carbocycles. The number of aryl methyl sites for hydroxylation is 1. The first-order valence-electron chi connectivity index (χ1n) is 8.19. The van der Waals surface area contributed by atoms with E-state index < -0.39 is 0 Å². The average molecular weight is 329 g/mol. The van der Waals surface area contributed by atoms with Crippen molar-refractivity contribution in [2.24, 2.45) is 0 Å². The van der Waals surface area contributed by atoms with E-state index >= 15 is 0 Å². The second-order valence-electron chi connectivity index (χ2n) is 6.39. The highest BCUT2D eigenvalue weighted by atomic mass is 16.5. The molecule has 2 fully saturated rings. The first-order chi connectivity index (χ1) is 11.7. The number of amides is 1. The fourth-order valence-corrected chi connectivity index (χ4v) is 3.49. The van der Waals surface area contributed by atoms with Crippen molar-refractivity contribution in [1.82, 2.24) is 25.0 Å². The summed E-state index contributed by atoms with van der Waals surface area (Å²) >= 11 is 0. The molecule has 2 saturated heterocycles. The zero-order chi connectivity index (χ0) is 16.6. The Hall–Kier alpha value is -2.35. The summed E-state index contributed by atoms with van der Waals surface area (Å²) in [6.45, 7) is 3.12. The third-order valence-electron chi connectivity index (χ3n) is 4.82. The monoisotopic (exact) mass is 329 g/mol. The molecule has 2 aliphatic rings. The van der Waals surface area contributed by atoms with Crippen LogP contribution in [0.25, 0.3) is 0 Å². The minimum absolute atomic E-state index is 0.0694. The van der Waals surface area contributed by atoms with Gasteiger partial charge in [0.15, 0.2) is 5.82 Å². The Morgan fingerprint density at radius 3 is 2.79 bits per heavy atom. The van der Waals surface area contributed by atoms with Crippen LogP contribution in [0.15, 0.2) is 23.1 Å². The molecule has 24 heavy (non-hydrogen) atoms. The van der Waals surface area contributed by atoms with Gasteiger partial charge in [0, 0.05) is 25.5 Å². The molecule has 1 spiro atoms. The first kappa shape index (κ1) is 15.2. The quantitative estimate of drug-likeness (QED) is 0.827. The summed E-state index contributed by atoms with van der Waals surface area (Å²) in [6, 6.07) is 0. The molecule has 2 aromatic heterocycles. The molecule has 0 unspecified atom stereocenters. The van der Waals surface area contributed by atoms with E-state index in [9.17, 15) is 4.79 Å². The van der Waals surface area contributed by atoms with Gasteiger partial charge in [-0.2, -0.15) is 4.98 Å². The maximum Gasteiger partial charge on any atom is 0.274 e. The minimum atomic E-state index is -0.188. The number of likely N-dealkylation sites (tertiary alicyclic amines) is 1. The van der Waals surface area contributed by atoms with E-state index in [0.717, 1.165) is 25.7 Å². The Morgan fingerprint density at radius 1 is 1.29 bits per heavy atom. The Labute approximate surface area is 139 Å². The number of carbonyl (C=O) groups is 1. The zero-order valence-electron chi connectivity index (χ0n) is 13.5. The van der Waals surface area contributed by atoms with E-state index in [4.69, 9.17) is 9.26 Å². The number of piperidine rings is 1. The average Bonchev–Trinajstić information content (AvgIpc) is 3.23. The third kappa shape index (κ3) is 2.77. The van der Waals surface area contributed by atoms with E-state index in [0.29, 0.717) is 30.5 Å². The van der Waals surface area contributed by atoms with E-state index in [1.807, 2.05) is 4.90 Å². The maximum absolute atomic E-state index is 12.4. The molecule has 4 heterocycles. The topological polar surface area (TPSA) is 94.2 Å². The fourth-order valence-electron chi connectivity index (χ4n) is 3.49. The van der Waals surface area contributed by atoms with Crippen molar-refractivity contribution >= 4 is 5.91 Å². The summed E-state index contributed by atoms with van der Waals surface area (Å²) in [4.78, 5) is 26.6. The molecule has 8 nitrogen and oxygen atoms in total. The van der Waals surface area contributed by atoms with Crippen molar-refractivity contribution in [3.63, 3.8) is 0 Å². The van der Waals surface area contributed by atoms with Crippen LogP contribution in [0, 0.1) is 6.92 Å². The molecular formula is C16H19N5O3. The first-order valence-corrected chi connectivity index (χ1v) is 8.19. The zero-order valence-corrected chi connectivity index (χ0v) is 13.5. The van der Waals surface area contributed by atoms with Crippen molar-refractivity contribution in [2.75, 3.05) is 13.1 Å². The molecule has 0 aromatic carbocycles. The SMILES string of the molecule is Cc1noc([C@@H]2CCC3(CCN(C(=O)c4cnccn4)CC3)O2)n1. The molecule has 126 valence electrons. The Balaban J connectivity index is 1.39. The minimum Gasteiger partial charge on any atom is -0.362 e. The summed E-state index contributed by atoms with van der Waals surface area (Å²) in [7, 11) is 0. The predicted octanol–water partition coefficient (Wildman–Crippen LogP) is 1.69. The summed E-state index contributed by atoms with van der Waals surface area (Å²) in [6.07, 6.45) is 7.92. The summed E-state index contributed by atoms with van der Waals surface area (Å²) < 4.78 is 11.5. The van der Waals surface area contributed by atoms with Crippen LogP contribution < -0.4 is 0 Å². The van der Waals surface area contributed by atoms with Crippen LogP contribution in [-0.2, 0) is 4.74 Å². The maximum atomic E-state index is 12.4. The van der Waals surface area contributed by atoms with Gasteiger partial charge in [-0.25, -0.2) is 4.98 Å². The molecule has 8 heteroatoms. The largest absolute Gasteiger partial charge is 0.362 e. The van der Waals surface area contributed by atoms with Gasteiger partial charge in [-0.15, -0.1) is 0 Å². The van der Waals surface area contributed by atoms with Gasteiger partial charge in [-0.1, -0.05) is 5.16 Å². The van der Waals surface area contributed by atoms with Gasteiger partial charge in [0.1, 0.15) is 11.8 Å². The van der Waals surface area contributed by atoms with E-state index in [1.54, 1.807) is 13.1 Å². The van der Waals surface area contributed by atoms with E-state index in [2.05, 4.69) is 20.1 Å². The molecule has 4 rings (SSSR count). The number of aromatic nitrogens is 4. The van der Waals surface area contributed by atoms with Gasteiger partial charge >= 0.3 is 0 Å². The van der Waals surface area contributed by atoms with Crippen LogP contribution >= 0.6 is 0 Å². The van der Waals surface area contributed by atoms with Crippen LogP contribution in [0.4, 0.5) is 0 Å². The molecular weight excluding hydrogens is 310 g/mol. The van der Waals surface area contributed by atoms with Gasteiger partial charge < -0.3 is 14.2 Å². The van der Waals surface area contributed by atoms with Crippen molar-refractivity contribution in [3.05, 3.63) is 36.0 Å². The molecule has 0 radical (unpaired) electrons. The molecule has 2 aromatic rings. The summed E-state index contributed by atoms with van der Waals surface area (Å²) in [5.74, 6) is 1.11. The van der Waals surface area contributed by atoms with Gasteiger partial charge in [0.2, 0.25) is 0 Å². The van der Waals surface area contributed by atoms with Gasteiger partial charge in [-0.05, 0) is 32.6 Å². The number of ether oxygens (including phenoxy) is 1. The van der Waals surface area contributed by atoms with Crippen LogP contribution in [-0.4, -0.2) is 49.6 Å². The molecule has 0 N–H and O–H groups in total. The standard InChI is InChI=1S/C16H19N5O3/c1-11-19-14(24-20-11)13-2-3-16(23-13)4-8-21(9-5-16)15(22)12-10-17-6-7-18-12/h6-7,10,13H,2-5,8-9H2,1H3/t13-/m0/s1. The fraction of sp³-hybridized carbons (Fsp3) is 0.562.